The van der Waals surface area contributed by atoms with Crippen molar-refractivity contribution in [2.24, 2.45) is 0 Å². The maximum Gasteiger partial charge on any atom is 0.530 e. The van der Waals surface area contributed by atoms with Gasteiger partial charge >= 0.3 is 13.8 Å². The van der Waals surface area contributed by atoms with Crippen LogP contribution in [0, 0.1) is 0 Å². The summed E-state index contributed by atoms with van der Waals surface area (Å²) >= 11 is 0. The predicted molar refractivity (Wildman–Crippen MR) is 184 cm³/mol. The lowest BCUT2D eigenvalue weighted by atomic mass is 10.0. The molecule has 14 heteroatoms. The van der Waals surface area contributed by atoms with Gasteiger partial charge in [0, 0.05) is 26.2 Å². The second kappa shape index (κ2) is 19.4. The number of nitrogens with zero attached hydrogens (tertiary/aromatic N) is 2. The summed E-state index contributed by atoms with van der Waals surface area (Å²) in [4.78, 5) is 41.3. The van der Waals surface area contributed by atoms with Gasteiger partial charge in [0.15, 0.2) is 5.82 Å². The van der Waals surface area contributed by atoms with Crippen LogP contribution >= 0.6 is 7.82 Å². The number of carbonyl (C=O) groups excluding carboxylic acids is 2. The number of aromatic nitrogens is 2. The van der Waals surface area contributed by atoms with Crippen LogP contribution in [0.25, 0.3) is 0 Å². The van der Waals surface area contributed by atoms with E-state index in [2.05, 4.69) is 27.7 Å². The molecule has 266 valence electrons. The molecule has 3 aromatic carbocycles. The molecule has 0 bridgehead atoms. The summed E-state index contributed by atoms with van der Waals surface area (Å²) in [7, 11) is -4.10. The fraction of sp³-hybridized carbons (Fsp3) is 0.361. The Morgan fingerprint density at radius 3 is 2.04 bits per heavy atom. The van der Waals surface area contributed by atoms with Crippen molar-refractivity contribution in [3.8, 4) is 5.75 Å². The van der Waals surface area contributed by atoms with E-state index in [0.29, 0.717) is 17.8 Å². The zero-order valence-electron chi connectivity index (χ0n) is 28.2. The summed E-state index contributed by atoms with van der Waals surface area (Å²) in [6, 6.07) is 23.0. The molecule has 0 radical (unpaired) electrons. The lowest BCUT2D eigenvalue weighted by Crippen LogP contribution is -2.48. The zero-order valence-corrected chi connectivity index (χ0v) is 29.1. The van der Waals surface area contributed by atoms with Crippen LogP contribution < -0.4 is 15.2 Å². The van der Waals surface area contributed by atoms with E-state index in [1.54, 1.807) is 24.3 Å². The Bertz CT molecular complexity index is 1650. The molecular formula is C36H43N4O9P. The van der Waals surface area contributed by atoms with Crippen molar-refractivity contribution in [3.05, 3.63) is 113 Å². The standard InChI is InChI=1S/C36H43N4O9P/c1-3-4-7-16-33-39-36(48-40-33)31(21-22-34(42)43)38-35(44)32(37-26(2)41)23-27-17-19-30(20-18-27)49-50(45,46-24-28-12-8-5-9-13-28)47-25-29-14-10-6-11-15-29/h5-6,8-15,17-20,31-32H,3-4,7,16,21-25H2,1-2H3,(H,37,41)(H,38,44)(H,42,43)/t31-,32-/m0/s1. The summed E-state index contributed by atoms with van der Waals surface area (Å²) < 4.78 is 36.4. The van der Waals surface area contributed by atoms with Crippen molar-refractivity contribution in [3.63, 3.8) is 0 Å². The maximum absolute atomic E-state index is 13.8. The average Bonchev–Trinajstić information content (AvgIpc) is 3.58. The molecule has 4 rings (SSSR count). The van der Waals surface area contributed by atoms with Crippen molar-refractivity contribution in [2.75, 3.05) is 0 Å². The van der Waals surface area contributed by atoms with Gasteiger partial charge in [-0.15, -0.1) is 0 Å². The number of unbranched alkanes of at least 4 members (excludes halogenated alkanes) is 2. The molecule has 4 aromatic rings. The summed E-state index contributed by atoms with van der Waals surface area (Å²) in [5.41, 5.74) is 2.22. The number of phosphoric acid groups is 1. The zero-order chi connectivity index (χ0) is 35.8. The number of rotatable bonds is 21. The molecule has 0 unspecified atom stereocenters. The molecule has 0 spiro atoms. The lowest BCUT2D eigenvalue weighted by Gasteiger charge is -2.21. The van der Waals surface area contributed by atoms with Crippen LogP contribution in [-0.2, 0) is 54.1 Å². The Labute approximate surface area is 291 Å². The van der Waals surface area contributed by atoms with Gasteiger partial charge in [-0.3, -0.25) is 23.4 Å². The lowest BCUT2D eigenvalue weighted by molar-refractivity contribution is -0.137. The van der Waals surface area contributed by atoms with Crippen LogP contribution in [0.4, 0.5) is 0 Å². The van der Waals surface area contributed by atoms with E-state index in [0.717, 1.165) is 30.4 Å². The van der Waals surface area contributed by atoms with Gasteiger partial charge in [-0.1, -0.05) is 97.7 Å². The Kier molecular flexibility index (Phi) is 14.7. The number of carbonyl (C=O) groups is 3. The van der Waals surface area contributed by atoms with Crippen molar-refractivity contribution in [1.29, 1.82) is 0 Å². The first-order chi connectivity index (χ1) is 24.1. The van der Waals surface area contributed by atoms with Gasteiger partial charge < -0.3 is 24.8 Å². The van der Waals surface area contributed by atoms with E-state index in [-0.39, 0.29) is 44.1 Å². The molecule has 0 aliphatic heterocycles. The number of phosphoric ester groups is 1. The van der Waals surface area contributed by atoms with Crippen LogP contribution in [-0.4, -0.2) is 39.1 Å². The molecular weight excluding hydrogens is 663 g/mol. The number of benzene rings is 3. The second-order valence-corrected chi connectivity index (χ2v) is 13.3. The van der Waals surface area contributed by atoms with E-state index < -0.39 is 37.7 Å². The predicted octanol–water partition coefficient (Wildman–Crippen LogP) is 6.49. The van der Waals surface area contributed by atoms with Gasteiger partial charge in [-0.05, 0) is 41.7 Å². The first-order valence-electron chi connectivity index (χ1n) is 16.5. The quantitative estimate of drug-likeness (QED) is 0.0637. The monoisotopic (exact) mass is 706 g/mol. The van der Waals surface area contributed by atoms with Gasteiger partial charge in [-0.25, -0.2) is 4.57 Å². The highest BCUT2D eigenvalue weighted by Crippen LogP contribution is 2.51. The maximum atomic E-state index is 13.8. The van der Waals surface area contributed by atoms with Crippen LogP contribution in [0.3, 0.4) is 0 Å². The molecule has 13 nitrogen and oxygen atoms in total. The van der Waals surface area contributed by atoms with Crippen LogP contribution in [0.1, 0.15) is 80.4 Å². The van der Waals surface area contributed by atoms with E-state index in [1.807, 2.05) is 60.7 Å². The Morgan fingerprint density at radius 1 is 0.860 bits per heavy atom. The summed E-state index contributed by atoms with van der Waals surface area (Å²) in [6.07, 6.45) is 3.32. The minimum absolute atomic E-state index is 0.00425. The van der Waals surface area contributed by atoms with Gasteiger partial charge in [-0.2, -0.15) is 4.98 Å². The molecule has 2 amide bonds. The number of nitrogens with one attached hydrogen (secondary N) is 2. The fourth-order valence-corrected chi connectivity index (χ4v) is 6.07. The van der Waals surface area contributed by atoms with Crippen LogP contribution in [0.5, 0.6) is 5.75 Å². The molecule has 0 aliphatic rings. The highest BCUT2D eigenvalue weighted by molar-refractivity contribution is 7.48. The number of amides is 2. The van der Waals surface area contributed by atoms with Gasteiger partial charge in [0.25, 0.3) is 0 Å². The first kappa shape index (κ1) is 38.0. The fourth-order valence-electron chi connectivity index (χ4n) is 4.89. The highest BCUT2D eigenvalue weighted by atomic mass is 31.2. The smallest absolute Gasteiger partial charge is 0.481 e. The van der Waals surface area contributed by atoms with Gasteiger partial charge in [0.2, 0.25) is 17.7 Å². The average molecular weight is 707 g/mol. The molecule has 1 aromatic heterocycles. The first-order valence-corrected chi connectivity index (χ1v) is 18.0. The third-order valence-electron chi connectivity index (χ3n) is 7.49. The van der Waals surface area contributed by atoms with E-state index in [9.17, 15) is 24.1 Å². The van der Waals surface area contributed by atoms with Crippen LogP contribution in [0.2, 0.25) is 0 Å². The third kappa shape index (κ3) is 12.9. The molecule has 0 saturated carbocycles. The Hall–Kier alpha value is -4.84. The number of hydrogen-bond acceptors (Lipinski definition) is 10. The van der Waals surface area contributed by atoms with Crippen molar-refractivity contribution in [1.82, 2.24) is 20.8 Å². The van der Waals surface area contributed by atoms with Crippen molar-refractivity contribution in [2.45, 2.75) is 84.1 Å². The van der Waals surface area contributed by atoms with Crippen molar-refractivity contribution < 1.29 is 42.1 Å². The summed E-state index contributed by atoms with van der Waals surface area (Å²) in [6.45, 7) is 3.37. The molecule has 0 fully saturated rings. The Morgan fingerprint density at radius 2 is 1.48 bits per heavy atom. The molecule has 3 N–H and O–H groups in total. The summed E-state index contributed by atoms with van der Waals surface area (Å²) in [5, 5.41) is 18.7. The number of aryl methyl sites for hydroxylation is 1. The largest absolute Gasteiger partial charge is 0.530 e. The third-order valence-corrected chi connectivity index (χ3v) is 8.81. The molecule has 0 saturated heterocycles. The second-order valence-electron chi connectivity index (χ2n) is 11.7. The molecule has 1 heterocycles. The minimum Gasteiger partial charge on any atom is -0.481 e. The van der Waals surface area contributed by atoms with E-state index >= 15 is 0 Å². The SMILES string of the molecule is CCCCCc1noc([C@H](CCC(=O)O)NC(=O)[C@H](Cc2ccc(OP(=O)(OCc3ccccc3)OCc3ccccc3)cc2)NC(C)=O)n1. The Balaban J connectivity index is 1.45. The molecule has 50 heavy (non-hydrogen) atoms. The summed E-state index contributed by atoms with van der Waals surface area (Å²) in [5.74, 6) is -1.26. The number of carboxylic acid groups (broad SMARTS) is 1. The molecule has 2 atom stereocenters. The topological polar surface area (TPSA) is 179 Å². The van der Waals surface area contributed by atoms with E-state index in [4.69, 9.17) is 18.1 Å². The number of hydrogen-bond donors (Lipinski definition) is 3. The van der Waals surface area contributed by atoms with Crippen molar-refractivity contribution >= 4 is 25.6 Å². The van der Waals surface area contributed by atoms with E-state index in [1.165, 1.54) is 6.92 Å². The van der Waals surface area contributed by atoms with Gasteiger partial charge in [0.1, 0.15) is 17.8 Å². The normalized spacial score (nSPS) is 12.5. The highest BCUT2D eigenvalue weighted by Gasteiger charge is 2.30. The van der Waals surface area contributed by atoms with Gasteiger partial charge in [0.05, 0.1) is 13.2 Å². The van der Waals surface area contributed by atoms with Crippen LogP contribution in [0.15, 0.2) is 89.5 Å². The number of aliphatic carboxylic acids is 1. The number of carboxylic acids is 1. The minimum atomic E-state index is -4.10. The molecule has 0 aliphatic carbocycles.